The van der Waals surface area contributed by atoms with E-state index >= 15 is 0 Å². The average Bonchev–Trinajstić information content (AvgIpc) is 2.48. The van der Waals surface area contributed by atoms with Gasteiger partial charge in [-0.15, -0.1) is 0 Å². The first-order valence-electron chi connectivity index (χ1n) is 6.88. The van der Waals surface area contributed by atoms with Crippen molar-refractivity contribution in [3.05, 3.63) is 24.3 Å². The van der Waals surface area contributed by atoms with Crippen LogP contribution in [0.3, 0.4) is 0 Å². The third-order valence-corrected chi connectivity index (χ3v) is 5.51. The third kappa shape index (κ3) is 3.31. The summed E-state index contributed by atoms with van der Waals surface area (Å²) >= 11 is 0. The van der Waals surface area contributed by atoms with Crippen molar-refractivity contribution in [3.63, 3.8) is 0 Å². The molecule has 112 valence electrons. The summed E-state index contributed by atoms with van der Waals surface area (Å²) in [6, 6.07) is 6.96. The van der Waals surface area contributed by atoms with Crippen molar-refractivity contribution in [2.24, 2.45) is 0 Å². The number of likely N-dealkylation sites (N-methyl/N-ethyl adjacent to an activating group) is 1. The smallest absolute Gasteiger partial charge is 0.246 e. The number of ether oxygens (including phenoxy) is 1. The zero-order valence-corrected chi connectivity index (χ0v) is 12.8. The molecule has 0 saturated carbocycles. The molecule has 1 aromatic rings. The van der Waals surface area contributed by atoms with Crippen molar-refractivity contribution in [1.29, 1.82) is 0 Å². The lowest BCUT2D eigenvalue weighted by atomic mass is 10.1. The van der Waals surface area contributed by atoms with Crippen LogP contribution >= 0.6 is 0 Å². The van der Waals surface area contributed by atoms with Gasteiger partial charge in [0.05, 0.1) is 7.11 Å². The summed E-state index contributed by atoms with van der Waals surface area (Å²) in [5, 5.41) is 3.36. The second-order valence-corrected chi connectivity index (χ2v) is 7.10. The molecule has 0 amide bonds. The number of piperidine rings is 1. The first-order chi connectivity index (χ1) is 9.55. The molecule has 1 saturated heterocycles. The maximum atomic E-state index is 12.6. The number of benzene rings is 1. The van der Waals surface area contributed by atoms with Crippen LogP contribution in [0.1, 0.15) is 19.3 Å². The number of nitrogens with zero attached hydrogens (tertiary/aromatic N) is 1. The fourth-order valence-electron chi connectivity index (χ4n) is 2.49. The van der Waals surface area contributed by atoms with Crippen LogP contribution in [0.15, 0.2) is 29.2 Å². The molecule has 2 rings (SSSR count). The van der Waals surface area contributed by atoms with Crippen LogP contribution in [0.25, 0.3) is 0 Å². The van der Waals surface area contributed by atoms with E-state index in [0.29, 0.717) is 12.3 Å². The molecule has 0 spiro atoms. The minimum atomic E-state index is -3.51. The maximum absolute atomic E-state index is 12.6. The van der Waals surface area contributed by atoms with E-state index in [4.69, 9.17) is 4.74 Å². The van der Waals surface area contributed by atoms with Crippen LogP contribution in [0, 0.1) is 0 Å². The van der Waals surface area contributed by atoms with Crippen LogP contribution in [0.2, 0.25) is 0 Å². The van der Waals surface area contributed by atoms with E-state index in [-0.39, 0.29) is 10.9 Å². The molecule has 1 aliphatic heterocycles. The summed E-state index contributed by atoms with van der Waals surface area (Å²) in [5.74, 6) is 0.385. The van der Waals surface area contributed by atoms with Crippen LogP contribution in [-0.4, -0.2) is 46.0 Å². The number of methoxy groups -OCH3 is 1. The molecule has 1 unspecified atom stereocenters. The molecule has 20 heavy (non-hydrogen) atoms. The molecule has 0 aliphatic carbocycles. The topological polar surface area (TPSA) is 58.6 Å². The predicted molar refractivity (Wildman–Crippen MR) is 78.5 cm³/mol. The Balaban J connectivity index is 2.16. The van der Waals surface area contributed by atoms with Crippen LogP contribution in [0.4, 0.5) is 0 Å². The van der Waals surface area contributed by atoms with E-state index < -0.39 is 10.0 Å². The standard InChI is InChI=1S/C14H22N2O3S/c1-16(11-12-7-5-6-10-15-12)20(17,18)14-9-4-3-8-13(14)19-2/h3-4,8-9,12,15H,5-7,10-11H2,1-2H3. The van der Waals surface area contributed by atoms with Gasteiger partial charge in [-0.1, -0.05) is 18.6 Å². The molecule has 1 atom stereocenters. The van der Waals surface area contributed by atoms with Gasteiger partial charge in [0.1, 0.15) is 10.6 Å². The first kappa shape index (κ1) is 15.3. The molecule has 0 radical (unpaired) electrons. The molecule has 1 aromatic carbocycles. The van der Waals surface area contributed by atoms with Crippen LogP contribution in [0.5, 0.6) is 5.75 Å². The molecule has 5 nitrogen and oxygen atoms in total. The monoisotopic (exact) mass is 298 g/mol. The highest BCUT2D eigenvalue weighted by Crippen LogP contribution is 2.25. The van der Waals surface area contributed by atoms with Crippen molar-refractivity contribution in [2.45, 2.75) is 30.2 Å². The van der Waals surface area contributed by atoms with Gasteiger partial charge in [-0.05, 0) is 31.5 Å². The lowest BCUT2D eigenvalue weighted by Gasteiger charge is -2.28. The fourth-order valence-corrected chi connectivity index (χ4v) is 3.86. The van der Waals surface area contributed by atoms with E-state index in [9.17, 15) is 8.42 Å². The first-order valence-corrected chi connectivity index (χ1v) is 8.32. The normalized spacial score (nSPS) is 20.1. The van der Waals surface area contributed by atoms with Gasteiger partial charge in [0.25, 0.3) is 0 Å². The number of nitrogens with one attached hydrogen (secondary N) is 1. The zero-order chi connectivity index (χ0) is 14.6. The Morgan fingerprint density at radius 3 is 2.75 bits per heavy atom. The number of hydrogen-bond donors (Lipinski definition) is 1. The van der Waals surface area contributed by atoms with Gasteiger partial charge in [0, 0.05) is 19.6 Å². The molecule has 1 heterocycles. The predicted octanol–water partition coefficient (Wildman–Crippen LogP) is 1.46. The minimum absolute atomic E-state index is 0.223. The number of para-hydroxylation sites is 1. The largest absolute Gasteiger partial charge is 0.495 e. The Kier molecular flexibility index (Phi) is 5.01. The Morgan fingerprint density at radius 1 is 1.35 bits per heavy atom. The lowest BCUT2D eigenvalue weighted by Crippen LogP contribution is -2.44. The van der Waals surface area contributed by atoms with E-state index in [1.54, 1.807) is 31.3 Å². The molecular weight excluding hydrogens is 276 g/mol. The van der Waals surface area contributed by atoms with E-state index in [1.165, 1.54) is 17.8 Å². The van der Waals surface area contributed by atoms with E-state index in [1.807, 2.05) is 0 Å². The van der Waals surface area contributed by atoms with Gasteiger partial charge in [0.2, 0.25) is 10.0 Å². The minimum Gasteiger partial charge on any atom is -0.495 e. The van der Waals surface area contributed by atoms with Crippen LogP contribution in [-0.2, 0) is 10.0 Å². The van der Waals surface area contributed by atoms with E-state index in [0.717, 1.165) is 19.4 Å². The Morgan fingerprint density at radius 2 is 2.10 bits per heavy atom. The summed E-state index contributed by atoms with van der Waals surface area (Å²) in [5.41, 5.74) is 0. The van der Waals surface area contributed by atoms with Gasteiger partial charge in [-0.3, -0.25) is 0 Å². The molecule has 1 N–H and O–H groups in total. The highest BCUT2D eigenvalue weighted by atomic mass is 32.2. The zero-order valence-electron chi connectivity index (χ0n) is 12.0. The Hall–Kier alpha value is -1.11. The summed E-state index contributed by atoms with van der Waals surface area (Å²) in [4.78, 5) is 0.223. The van der Waals surface area contributed by atoms with E-state index in [2.05, 4.69) is 5.32 Å². The SMILES string of the molecule is COc1ccccc1S(=O)(=O)N(C)CC1CCCCN1. The van der Waals surface area contributed by atoms with Crippen LogP contribution < -0.4 is 10.1 Å². The van der Waals surface area contributed by atoms with Crippen molar-refractivity contribution in [2.75, 3.05) is 27.2 Å². The Bertz CT molecular complexity index is 539. The number of hydrogen-bond acceptors (Lipinski definition) is 4. The Labute approximate surface area is 121 Å². The van der Waals surface area contributed by atoms with Gasteiger partial charge in [-0.2, -0.15) is 4.31 Å². The summed E-state index contributed by atoms with van der Waals surface area (Å²) in [6.45, 7) is 1.45. The van der Waals surface area contributed by atoms with Crippen molar-refractivity contribution >= 4 is 10.0 Å². The maximum Gasteiger partial charge on any atom is 0.246 e. The molecule has 0 aromatic heterocycles. The average molecular weight is 298 g/mol. The molecule has 1 aliphatic rings. The van der Waals surface area contributed by atoms with Crippen molar-refractivity contribution in [1.82, 2.24) is 9.62 Å². The molecular formula is C14H22N2O3S. The molecule has 6 heteroatoms. The number of sulfonamides is 1. The van der Waals surface area contributed by atoms with Gasteiger partial charge in [0.15, 0.2) is 0 Å². The second kappa shape index (κ2) is 6.56. The van der Waals surface area contributed by atoms with Gasteiger partial charge in [-0.25, -0.2) is 8.42 Å². The molecule has 1 fully saturated rings. The quantitative estimate of drug-likeness (QED) is 0.894. The van der Waals surface area contributed by atoms with Crippen molar-refractivity contribution in [3.8, 4) is 5.75 Å². The lowest BCUT2D eigenvalue weighted by molar-refractivity contribution is 0.336. The summed E-state index contributed by atoms with van der Waals surface area (Å²) < 4.78 is 31.8. The summed E-state index contributed by atoms with van der Waals surface area (Å²) in [7, 11) is -0.407. The summed E-state index contributed by atoms with van der Waals surface area (Å²) in [6.07, 6.45) is 3.34. The molecule has 0 bridgehead atoms. The fraction of sp³-hybridized carbons (Fsp3) is 0.571. The van der Waals surface area contributed by atoms with Gasteiger partial charge < -0.3 is 10.1 Å². The number of rotatable bonds is 5. The highest BCUT2D eigenvalue weighted by Gasteiger charge is 2.27. The highest BCUT2D eigenvalue weighted by molar-refractivity contribution is 7.89. The second-order valence-electron chi connectivity index (χ2n) is 5.08. The third-order valence-electron chi connectivity index (χ3n) is 3.65. The van der Waals surface area contributed by atoms with Gasteiger partial charge >= 0.3 is 0 Å². The van der Waals surface area contributed by atoms with Crippen molar-refractivity contribution < 1.29 is 13.2 Å².